The first-order valence-electron chi connectivity index (χ1n) is 4.09. The molecule has 1 aromatic heterocycles. The standard InChI is InChI=1S/C9H14N2O2/c1-5-7(4-12)9(10-3)11-6(2)8(5)13/h12-13H,4H2,1-3H3,(H,10,11). The number of anilines is 1. The third kappa shape index (κ3) is 1.58. The van der Waals surface area contributed by atoms with Crippen LogP contribution in [-0.2, 0) is 6.61 Å². The minimum atomic E-state index is -0.122. The van der Waals surface area contributed by atoms with Crippen molar-refractivity contribution in [2.75, 3.05) is 12.4 Å². The minimum absolute atomic E-state index is 0.122. The summed E-state index contributed by atoms with van der Waals surface area (Å²) in [6.45, 7) is 3.36. The van der Waals surface area contributed by atoms with E-state index in [0.717, 1.165) is 0 Å². The Kier molecular flexibility index (Phi) is 2.72. The molecular weight excluding hydrogens is 168 g/mol. The molecular formula is C9H14N2O2. The summed E-state index contributed by atoms with van der Waals surface area (Å²) < 4.78 is 0. The molecule has 13 heavy (non-hydrogen) atoms. The Balaban J connectivity index is 3.39. The maximum absolute atomic E-state index is 9.54. The van der Waals surface area contributed by atoms with Gasteiger partial charge in [-0.1, -0.05) is 0 Å². The smallest absolute Gasteiger partial charge is 0.140 e. The summed E-state index contributed by atoms with van der Waals surface area (Å²) in [5.41, 5.74) is 1.89. The van der Waals surface area contributed by atoms with Crippen LogP contribution in [0.4, 0.5) is 5.82 Å². The molecule has 0 radical (unpaired) electrons. The Bertz CT molecular complexity index is 324. The lowest BCUT2D eigenvalue weighted by molar-refractivity contribution is 0.280. The van der Waals surface area contributed by atoms with Crippen LogP contribution in [0.1, 0.15) is 16.8 Å². The first-order chi connectivity index (χ1) is 6.11. The predicted molar refractivity (Wildman–Crippen MR) is 50.8 cm³/mol. The van der Waals surface area contributed by atoms with Crippen molar-refractivity contribution in [3.63, 3.8) is 0 Å². The molecule has 0 atom stereocenters. The van der Waals surface area contributed by atoms with Gasteiger partial charge in [0.05, 0.1) is 12.3 Å². The van der Waals surface area contributed by atoms with Gasteiger partial charge in [0.2, 0.25) is 0 Å². The van der Waals surface area contributed by atoms with Crippen LogP contribution in [0.2, 0.25) is 0 Å². The van der Waals surface area contributed by atoms with E-state index in [4.69, 9.17) is 5.11 Å². The molecule has 0 amide bonds. The zero-order chi connectivity index (χ0) is 10.0. The van der Waals surface area contributed by atoms with Crippen LogP contribution in [0.5, 0.6) is 5.75 Å². The van der Waals surface area contributed by atoms with Crippen LogP contribution in [0.25, 0.3) is 0 Å². The zero-order valence-corrected chi connectivity index (χ0v) is 8.05. The summed E-state index contributed by atoms with van der Waals surface area (Å²) in [7, 11) is 1.73. The molecule has 72 valence electrons. The Morgan fingerprint density at radius 1 is 1.38 bits per heavy atom. The number of pyridine rings is 1. The highest BCUT2D eigenvalue weighted by molar-refractivity contribution is 5.54. The highest BCUT2D eigenvalue weighted by Crippen LogP contribution is 2.27. The molecule has 0 bridgehead atoms. The van der Waals surface area contributed by atoms with E-state index in [1.165, 1.54) is 0 Å². The third-order valence-electron chi connectivity index (χ3n) is 2.11. The van der Waals surface area contributed by atoms with Crippen LogP contribution in [0, 0.1) is 13.8 Å². The van der Waals surface area contributed by atoms with Gasteiger partial charge in [-0.05, 0) is 13.8 Å². The summed E-state index contributed by atoms with van der Waals surface area (Å²) >= 11 is 0. The lowest BCUT2D eigenvalue weighted by atomic mass is 10.1. The van der Waals surface area contributed by atoms with Crippen LogP contribution < -0.4 is 5.32 Å². The summed E-state index contributed by atoms with van der Waals surface area (Å²) in [5, 5.41) is 21.5. The zero-order valence-electron chi connectivity index (χ0n) is 8.05. The van der Waals surface area contributed by atoms with Crippen LogP contribution >= 0.6 is 0 Å². The summed E-state index contributed by atoms with van der Waals surface area (Å²) in [6.07, 6.45) is 0. The molecule has 0 fully saturated rings. The quantitative estimate of drug-likeness (QED) is 0.636. The van der Waals surface area contributed by atoms with Crippen molar-refractivity contribution in [3.05, 3.63) is 16.8 Å². The molecule has 0 saturated heterocycles. The third-order valence-corrected chi connectivity index (χ3v) is 2.11. The van der Waals surface area contributed by atoms with E-state index in [9.17, 15) is 5.11 Å². The molecule has 0 unspecified atom stereocenters. The van der Waals surface area contributed by atoms with Gasteiger partial charge in [-0.15, -0.1) is 0 Å². The number of aliphatic hydroxyl groups excluding tert-OH is 1. The Morgan fingerprint density at radius 2 is 2.00 bits per heavy atom. The van der Waals surface area contributed by atoms with Crippen molar-refractivity contribution in [3.8, 4) is 5.75 Å². The van der Waals surface area contributed by atoms with E-state index < -0.39 is 0 Å². The molecule has 1 rings (SSSR count). The molecule has 0 aliphatic heterocycles. The molecule has 0 spiro atoms. The molecule has 0 aromatic carbocycles. The molecule has 0 aliphatic rings. The lowest BCUT2D eigenvalue weighted by Gasteiger charge is -2.12. The fourth-order valence-electron chi connectivity index (χ4n) is 1.28. The lowest BCUT2D eigenvalue weighted by Crippen LogP contribution is -2.03. The van der Waals surface area contributed by atoms with Crippen molar-refractivity contribution in [1.82, 2.24) is 4.98 Å². The van der Waals surface area contributed by atoms with Gasteiger partial charge in [0.15, 0.2) is 0 Å². The van der Waals surface area contributed by atoms with Gasteiger partial charge in [0, 0.05) is 18.2 Å². The van der Waals surface area contributed by atoms with Gasteiger partial charge in [-0.25, -0.2) is 4.98 Å². The number of hydrogen-bond donors (Lipinski definition) is 3. The fraction of sp³-hybridized carbons (Fsp3) is 0.444. The van der Waals surface area contributed by atoms with Crippen LogP contribution in [-0.4, -0.2) is 22.2 Å². The maximum Gasteiger partial charge on any atom is 0.140 e. The van der Waals surface area contributed by atoms with Gasteiger partial charge in [-0.2, -0.15) is 0 Å². The van der Waals surface area contributed by atoms with Crippen molar-refractivity contribution in [1.29, 1.82) is 0 Å². The van der Waals surface area contributed by atoms with Gasteiger partial charge in [0.25, 0.3) is 0 Å². The Hall–Kier alpha value is -1.29. The minimum Gasteiger partial charge on any atom is -0.506 e. The number of nitrogens with zero attached hydrogens (tertiary/aromatic N) is 1. The highest BCUT2D eigenvalue weighted by Gasteiger charge is 2.11. The molecule has 1 heterocycles. The fourth-order valence-corrected chi connectivity index (χ4v) is 1.28. The first kappa shape index (κ1) is 9.80. The van der Waals surface area contributed by atoms with Crippen LogP contribution in [0.15, 0.2) is 0 Å². The molecule has 4 heteroatoms. The van der Waals surface area contributed by atoms with Crippen LogP contribution in [0.3, 0.4) is 0 Å². The average Bonchev–Trinajstić information content (AvgIpc) is 2.13. The molecule has 4 nitrogen and oxygen atoms in total. The van der Waals surface area contributed by atoms with Crippen molar-refractivity contribution < 1.29 is 10.2 Å². The second-order valence-electron chi connectivity index (χ2n) is 2.91. The monoisotopic (exact) mass is 182 g/mol. The number of aromatic hydroxyl groups is 1. The van der Waals surface area contributed by atoms with Gasteiger partial charge >= 0.3 is 0 Å². The topological polar surface area (TPSA) is 65.4 Å². The van der Waals surface area contributed by atoms with Gasteiger partial charge in [-0.3, -0.25) is 0 Å². The van der Waals surface area contributed by atoms with Gasteiger partial charge < -0.3 is 15.5 Å². The van der Waals surface area contributed by atoms with Gasteiger partial charge in [0.1, 0.15) is 11.6 Å². The van der Waals surface area contributed by atoms with E-state index in [1.807, 2.05) is 0 Å². The maximum atomic E-state index is 9.54. The van der Waals surface area contributed by atoms with E-state index in [2.05, 4.69) is 10.3 Å². The number of nitrogens with one attached hydrogen (secondary N) is 1. The number of hydrogen-bond acceptors (Lipinski definition) is 4. The SMILES string of the molecule is CNc1nc(C)c(O)c(C)c1CO. The second kappa shape index (κ2) is 3.62. The summed E-state index contributed by atoms with van der Waals surface area (Å²) in [4.78, 5) is 4.10. The number of rotatable bonds is 2. The normalized spacial score (nSPS) is 10.2. The van der Waals surface area contributed by atoms with E-state index in [-0.39, 0.29) is 12.4 Å². The molecule has 0 saturated carbocycles. The Labute approximate surface area is 77.2 Å². The molecule has 3 N–H and O–H groups in total. The average molecular weight is 182 g/mol. The first-order valence-corrected chi connectivity index (χ1v) is 4.09. The Morgan fingerprint density at radius 3 is 2.46 bits per heavy atom. The van der Waals surface area contributed by atoms with E-state index in [1.54, 1.807) is 20.9 Å². The largest absolute Gasteiger partial charge is 0.506 e. The van der Waals surface area contributed by atoms with E-state index in [0.29, 0.717) is 22.6 Å². The highest BCUT2D eigenvalue weighted by atomic mass is 16.3. The summed E-state index contributed by atoms with van der Waals surface area (Å²) in [6, 6.07) is 0. The molecule has 0 aliphatic carbocycles. The number of aryl methyl sites for hydroxylation is 1. The number of aromatic nitrogens is 1. The van der Waals surface area contributed by atoms with E-state index >= 15 is 0 Å². The predicted octanol–water partition coefficient (Wildman–Crippen LogP) is 0.938. The molecule has 1 aromatic rings. The summed E-state index contributed by atoms with van der Waals surface area (Å²) in [5.74, 6) is 0.776. The van der Waals surface area contributed by atoms with Crippen molar-refractivity contribution in [2.45, 2.75) is 20.5 Å². The number of aliphatic hydroxyl groups is 1. The second-order valence-corrected chi connectivity index (χ2v) is 2.91. The van der Waals surface area contributed by atoms with Crippen molar-refractivity contribution in [2.24, 2.45) is 0 Å². The van der Waals surface area contributed by atoms with Crippen molar-refractivity contribution >= 4 is 5.82 Å².